The highest BCUT2D eigenvalue weighted by Gasteiger charge is 1.88. The molecule has 0 spiro atoms. The largest absolute Gasteiger partial charge is 0.285 e. The number of carbonyl (C=O) groups is 1. The maximum absolute atomic E-state index is 10.8. The molecule has 12 heavy (non-hydrogen) atoms. The number of aromatic nitrogens is 1. The van der Waals surface area contributed by atoms with Crippen LogP contribution < -0.4 is 0 Å². The topological polar surface area (TPSA) is 30.0 Å². The van der Waals surface area contributed by atoms with Crippen molar-refractivity contribution in [3.05, 3.63) is 30.1 Å². The summed E-state index contributed by atoms with van der Waals surface area (Å²) in [7, 11) is 0. The summed E-state index contributed by atoms with van der Waals surface area (Å²) in [6, 6.07) is 3.61. The first kappa shape index (κ1) is 8.48. The van der Waals surface area contributed by atoms with E-state index in [1.165, 1.54) is 0 Å². The minimum atomic E-state index is -0.0427. The van der Waals surface area contributed by atoms with E-state index in [0.29, 0.717) is 6.42 Å². The first-order valence-electron chi connectivity index (χ1n) is 3.78. The molecule has 0 atom stereocenters. The molecule has 0 aliphatic rings. The van der Waals surface area contributed by atoms with E-state index >= 15 is 0 Å². The average Bonchev–Trinajstić information content (AvgIpc) is 2.16. The van der Waals surface area contributed by atoms with E-state index in [0.717, 1.165) is 5.56 Å². The first-order valence-corrected chi connectivity index (χ1v) is 3.78. The Morgan fingerprint density at radius 3 is 3.08 bits per heavy atom. The molecule has 0 bridgehead atoms. The van der Waals surface area contributed by atoms with Crippen LogP contribution in [0.1, 0.15) is 18.9 Å². The van der Waals surface area contributed by atoms with Gasteiger partial charge in [-0.2, -0.15) is 0 Å². The van der Waals surface area contributed by atoms with Crippen molar-refractivity contribution in [2.24, 2.45) is 0 Å². The number of ketones is 1. The Labute approximate surface area is 71.6 Å². The van der Waals surface area contributed by atoms with Crippen LogP contribution in [-0.2, 0) is 4.79 Å². The van der Waals surface area contributed by atoms with Gasteiger partial charge in [0.1, 0.15) is 0 Å². The molecule has 0 saturated heterocycles. The number of rotatable bonds is 1. The molecule has 0 fully saturated rings. The fraction of sp³-hybridized carbons (Fsp3) is 0.200. The summed E-state index contributed by atoms with van der Waals surface area (Å²) in [5, 5.41) is 0. The van der Waals surface area contributed by atoms with Gasteiger partial charge in [-0.3, -0.25) is 9.78 Å². The highest BCUT2D eigenvalue weighted by atomic mass is 16.1. The zero-order chi connectivity index (χ0) is 8.81. The predicted molar refractivity (Wildman–Crippen MR) is 46.4 cm³/mol. The minimum absolute atomic E-state index is 0.0427. The van der Waals surface area contributed by atoms with Crippen LogP contribution in [-0.4, -0.2) is 10.8 Å². The number of carbonyl (C=O) groups excluding carboxylic acids is 1. The van der Waals surface area contributed by atoms with Crippen LogP contribution >= 0.6 is 0 Å². The predicted octanol–water partition coefficient (Wildman–Crippen LogP) is 1.41. The van der Waals surface area contributed by atoms with Gasteiger partial charge in [-0.05, 0) is 18.1 Å². The summed E-state index contributed by atoms with van der Waals surface area (Å²) in [6.45, 7) is 1.79. The molecule has 2 nitrogen and oxygen atoms in total. The van der Waals surface area contributed by atoms with Crippen LogP contribution in [0.3, 0.4) is 0 Å². The van der Waals surface area contributed by atoms with Gasteiger partial charge in [-0.25, -0.2) is 0 Å². The van der Waals surface area contributed by atoms with E-state index in [9.17, 15) is 4.79 Å². The summed E-state index contributed by atoms with van der Waals surface area (Å²) in [5.74, 6) is 5.21. The standard InChI is InChI=1S/C10H9NO/c1-2-10(12)6-5-9-4-3-7-11-8-9/h3-4,7-8H,2H2,1H3. The zero-order valence-corrected chi connectivity index (χ0v) is 6.87. The molecular weight excluding hydrogens is 150 g/mol. The average molecular weight is 159 g/mol. The molecule has 0 N–H and O–H groups in total. The number of hydrogen-bond acceptors (Lipinski definition) is 2. The van der Waals surface area contributed by atoms with Gasteiger partial charge >= 0.3 is 0 Å². The van der Waals surface area contributed by atoms with Crippen LogP contribution in [0.15, 0.2) is 24.5 Å². The lowest BCUT2D eigenvalue weighted by Gasteiger charge is -1.84. The zero-order valence-electron chi connectivity index (χ0n) is 6.87. The molecule has 1 rings (SSSR count). The van der Waals surface area contributed by atoms with Crippen molar-refractivity contribution in [1.82, 2.24) is 4.98 Å². The minimum Gasteiger partial charge on any atom is -0.285 e. The Bertz CT molecular complexity index is 319. The Morgan fingerprint density at radius 1 is 1.67 bits per heavy atom. The molecule has 60 valence electrons. The monoisotopic (exact) mass is 159 g/mol. The molecule has 0 aromatic carbocycles. The van der Waals surface area contributed by atoms with Crippen molar-refractivity contribution >= 4 is 5.78 Å². The van der Waals surface area contributed by atoms with Gasteiger partial charge in [-0.15, -0.1) is 0 Å². The number of Topliss-reactive ketones (excluding diaryl/α,β-unsaturated/α-hetero) is 1. The summed E-state index contributed by atoms with van der Waals surface area (Å²) >= 11 is 0. The number of hydrogen-bond donors (Lipinski definition) is 0. The van der Waals surface area contributed by atoms with E-state index in [2.05, 4.69) is 16.8 Å². The normalized spacial score (nSPS) is 8.42. The third kappa shape index (κ3) is 2.55. The molecule has 0 amide bonds. The molecule has 1 aromatic heterocycles. The van der Waals surface area contributed by atoms with Gasteiger partial charge in [0.2, 0.25) is 5.78 Å². The maximum atomic E-state index is 10.8. The van der Waals surface area contributed by atoms with E-state index < -0.39 is 0 Å². The Balaban J connectivity index is 2.74. The van der Waals surface area contributed by atoms with Crippen molar-refractivity contribution in [2.75, 3.05) is 0 Å². The van der Waals surface area contributed by atoms with Gasteiger partial charge in [0.25, 0.3) is 0 Å². The van der Waals surface area contributed by atoms with Crippen molar-refractivity contribution in [1.29, 1.82) is 0 Å². The Hall–Kier alpha value is -1.62. The highest BCUT2D eigenvalue weighted by Crippen LogP contribution is 1.91. The molecule has 0 unspecified atom stereocenters. The van der Waals surface area contributed by atoms with Crippen molar-refractivity contribution in [2.45, 2.75) is 13.3 Å². The van der Waals surface area contributed by atoms with Crippen molar-refractivity contribution < 1.29 is 4.79 Å². The van der Waals surface area contributed by atoms with E-state index in [1.807, 2.05) is 6.07 Å². The third-order valence-corrected chi connectivity index (χ3v) is 1.33. The molecular formula is C10H9NO. The van der Waals surface area contributed by atoms with Crippen molar-refractivity contribution in [3.8, 4) is 11.8 Å². The fourth-order valence-corrected chi connectivity index (χ4v) is 0.667. The van der Waals surface area contributed by atoms with Crippen molar-refractivity contribution in [3.63, 3.8) is 0 Å². The number of nitrogens with zero attached hydrogens (tertiary/aromatic N) is 1. The SMILES string of the molecule is CCC(=O)C#Cc1cccnc1. The molecule has 0 saturated carbocycles. The quantitative estimate of drug-likeness (QED) is 0.580. The molecule has 0 radical (unpaired) electrons. The second kappa shape index (κ2) is 4.30. The fourth-order valence-electron chi connectivity index (χ4n) is 0.667. The van der Waals surface area contributed by atoms with Gasteiger partial charge in [0, 0.05) is 24.4 Å². The van der Waals surface area contributed by atoms with Crippen LogP contribution in [0.2, 0.25) is 0 Å². The van der Waals surface area contributed by atoms with E-state index in [4.69, 9.17) is 0 Å². The van der Waals surface area contributed by atoms with Crippen LogP contribution in [0, 0.1) is 11.8 Å². The van der Waals surface area contributed by atoms with Gasteiger partial charge in [-0.1, -0.05) is 12.8 Å². The molecule has 1 heterocycles. The Morgan fingerprint density at radius 2 is 2.50 bits per heavy atom. The summed E-state index contributed by atoms with van der Waals surface area (Å²) in [5.41, 5.74) is 0.777. The van der Waals surface area contributed by atoms with Gasteiger partial charge < -0.3 is 0 Å². The van der Waals surface area contributed by atoms with E-state index in [1.54, 1.807) is 25.4 Å². The smallest absolute Gasteiger partial charge is 0.205 e. The van der Waals surface area contributed by atoms with Crippen LogP contribution in [0.5, 0.6) is 0 Å². The lowest BCUT2D eigenvalue weighted by molar-refractivity contribution is -0.113. The van der Waals surface area contributed by atoms with Crippen LogP contribution in [0.25, 0.3) is 0 Å². The Kier molecular flexibility index (Phi) is 3.04. The molecule has 0 aliphatic heterocycles. The molecule has 1 aromatic rings. The van der Waals surface area contributed by atoms with E-state index in [-0.39, 0.29) is 5.78 Å². The number of pyridine rings is 1. The second-order valence-electron chi connectivity index (χ2n) is 2.27. The van der Waals surface area contributed by atoms with Gasteiger partial charge in [0.15, 0.2) is 0 Å². The third-order valence-electron chi connectivity index (χ3n) is 1.33. The second-order valence-corrected chi connectivity index (χ2v) is 2.27. The lowest BCUT2D eigenvalue weighted by Crippen LogP contribution is -1.88. The maximum Gasteiger partial charge on any atom is 0.205 e. The summed E-state index contributed by atoms with van der Waals surface area (Å²) < 4.78 is 0. The first-order chi connectivity index (χ1) is 5.83. The molecule has 0 aliphatic carbocycles. The van der Waals surface area contributed by atoms with Crippen LogP contribution in [0.4, 0.5) is 0 Å². The highest BCUT2D eigenvalue weighted by molar-refractivity contribution is 5.95. The molecule has 2 heteroatoms. The van der Waals surface area contributed by atoms with Gasteiger partial charge in [0.05, 0.1) is 0 Å². The lowest BCUT2D eigenvalue weighted by atomic mass is 10.2. The summed E-state index contributed by atoms with van der Waals surface area (Å²) in [6.07, 6.45) is 3.77. The summed E-state index contributed by atoms with van der Waals surface area (Å²) in [4.78, 5) is 14.7.